The van der Waals surface area contributed by atoms with Gasteiger partial charge in [0.1, 0.15) is 5.82 Å². The number of rotatable bonds is 7. The zero-order valence-electron chi connectivity index (χ0n) is 12.9. The third kappa shape index (κ3) is 4.96. The fourth-order valence-corrected chi connectivity index (χ4v) is 2.13. The van der Waals surface area contributed by atoms with Crippen molar-refractivity contribution in [1.82, 2.24) is 20.0 Å². The van der Waals surface area contributed by atoms with E-state index in [1.165, 1.54) is 12.1 Å². The van der Waals surface area contributed by atoms with Crippen LogP contribution in [0.1, 0.15) is 18.1 Å². The molecule has 1 aromatic carbocycles. The van der Waals surface area contributed by atoms with Gasteiger partial charge < -0.3 is 5.32 Å². The minimum atomic E-state index is -0.253. The van der Waals surface area contributed by atoms with Gasteiger partial charge in [-0.1, -0.05) is 12.1 Å². The summed E-state index contributed by atoms with van der Waals surface area (Å²) in [6, 6.07) is 6.30. The second-order valence-corrected chi connectivity index (χ2v) is 5.28. The van der Waals surface area contributed by atoms with E-state index < -0.39 is 0 Å². The minimum absolute atomic E-state index is 0.0474. The summed E-state index contributed by atoms with van der Waals surface area (Å²) in [6.07, 6.45) is 3.68. The number of aryl methyl sites for hydroxylation is 1. The highest BCUT2D eigenvalue weighted by atomic mass is 19.1. The molecule has 6 heteroatoms. The Bertz CT molecular complexity index is 609. The lowest BCUT2D eigenvalue weighted by molar-refractivity contribution is -0.122. The second-order valence-electron chi connectivity index (χ2n) is 5.28. The number of nitrogens with one attached hydrogen (secondary N) is 1. The van der Waals surface area contributed by atoms with Gasteiger partial charge in [0.15, 0.2) is 0 Å². The number of halogens is 1. The summed E-state index contributed by atoms with van der Waals surface area (Å²) >= 11 is 0. The van der Waals surface area contributed by atoms with Gasteiger partial charge in [0.25, 0.3) is 0 Å². The Morgan fingerprint density at radius 2 is 2.05 bits per heavy atom. The SMILES string of the molecule is CCn1cc(CNC(=O)CN(C)Cc2ccc(F)cc2)cn1. The summed E-state index contributed by atoms with van der Waals surface area (Å²) in [5.41, 5.74) is 1.96. The highest BCUT2D eigenvalue weighted by molar-refractivity contribution is 5.77. The first-order valence-corrected chi connectivity index (χ1v) is 7.28. The number of aromatic nitrogens is 2. The molecule has 5 nitrogen and oxygen atoms in total. The molecular weight excluding hydrogens is 283 g/mol. The van der Waals surface area contributed by atoms with Crippen LogP contribution in [0, 0.1) is 5.82 Å². The van der Waals surface area contributed by atoms with Crippen molar-refractivity contribution >= 4 is 5.91 Å². The number of benzene rings is 1. The maximum absolute atomic E-state index is 12.8. The van der Waals surface area contributed by atoms with Gasteiger partial charge in [-0.3, -0.25) is 14.4 Å². The third-order valence-corrected chi connectivity index (χ3v) is 3.28. The maximum Gasteiger partial charge on any atom is 0.234 e. The molecular formula is C16H21FN4O. The Balaban J connectivity index is 1.75. The van der Waals surface area contributed by atoms with Crippen LogP contribution in [-0.2, 0) is 24.4 Å². The fourth-order valence-electron chi connectivity index (χ4n) is 2.13. The van der Waals surface area contributed by atoms with E-state index >= 15 is 0 Å². The van der Waals surface area contributed by atoms with E-state index in [9.17, 15) is 9.18 Å². The standard InChI is InChI=1S/C16H21FN4O/c1-3-21-11-14(9-19-21)8-18-16(22)12-20(2)10-13-4-6-15(17)7-5-13/h4-7,9,11H,3,8,10,12H2,1-2H3,(H,18,22). The minimum Gasteiger partial charge on any atom is -0.351 e. The van der Waals surface area contributed by atoms with Crippen LogP contribution in [0.3, 0.4) is 0 Å². The molecule has 0 bridgehead atoms. The number of carbonyl (C=O) groups excluding carboxylic acids is 1. The molecule has 1 N–H and O–H groups in total. The number of likely N-dealkylation sites (N-methyl/N-ethyl adjacent to an activating group) is 1. The van der Waals surface area contributed by atoms with Crippen molar-refractivity contribution in [2.45, 2.75) is 26.6 Å². The number of amides is 1. The highest BCUT2D eigenvalue weighted by Crippen LogP contribution is 2.05. The van der Waals surface area contributed by atoms with Crippen LogP contribution in [-0.4, -0.2) is 34.2 Å². The van der Waals surface area contributed by atoms with Gasteiger partial charge in [-0.15, -0.1) is 0 Å². The lowest BCUT2D eigenvalue weighted by Gasteiger charge is -2.16. The second kappa shape index (κ2) is 7.70. The van der Waals surface area contributed by atoms with Gasteiger partial charge in [-0.25, -0.2) is 4.39 Å². The smallest absolute Gasteiger partial charge is 0.234 e. The number of nitrogens with zero attached hydrogens (tertiary/aromatic N) is 3. The predicted molar refractivity (Wildman–Crippen MR) is 82.5 cm³/mol. The summed E-state index contributed by atoms with van der Waals surface area (Å²) < 4.78 is 14.7. The van der Waals surface area contributed by atoms with E-state index in [0.29, 0.717) is 19.6 Å². The summed E-state index contributed by atoms with van der Waals surface area (Å²) in [6.45, 7) is 4.19. The van der Waals surface area contributed by atoms with E-state index in [0.717, 1.165) is 17.7 Å². The average Bonchev–Trinajstić information content (AvgIpc) is 2.95. The first-order valence-electron chi connectivity index (χ1n) is 7.28. The Hall–Kier alpha value is -2.21. The largest absolute Gasteiger partial charge is 0.351 e. The van der Waals surface area contributed by atoms with Crippen LogP contribution in [0.25, 0.3) is 0 Å². The molecule has 1 heterocycles. The Kier molecular flexibility index (Phi) is 5.66. The predicted octanol–water partition coefficient (Wildman–Crippen LogP) is 1.79. The van der Waals surface area contributed by atoms with Gasteiger partial charge in [-0.2, -0.15) is 5.10 Å². The van der Waals surface area contributed by atoms with Crippen molar-refractivity contribution in [2.75, 3.05) is 13.6 Å². The molecule has 0 fully saturated rings. The van der Waals surface area contributed by atoms with Gasteiger partial charge in [0.2, 0.25) is 5.91 Å². The molecule has 0 aliphatic rings. The maximum atomic E-state index is 12.8. The molecule has 0 unspecified atom stereocenters. The van der Waals surface area contributed by atoms with Crippen LogP contribution in [0.2, 0.25) is 0 Å². The molecule has 0 aliphatic heterocycles. The van der Waals surface area contributed by atoms with Crippen molar-refractivity contribution in [3.05, 3.63) is 53.6 Å². The molecule has 0 atom stereocenters. The monoisotopic (exact) mass is 304 g/mol. The molecule has 2 rings (SSSR count). The Morgan fingerprint density at radius 3 is 2.68 bits per heavy atom. The van der Waals surface area contributed by atoms with Crippen LogP contribution in [0.5, 0.6) is 0 Å². The van der Waals surface area contributed by atoms with Crippen molar-refractivity contribution in [3.8, 4) is 0 Å². The Morgan fingerprint density at radius 1 is 1.32 bits per heavy atom. The first kappa shape index (κ1) is 16.2. The molecule has 1 aromatic heterocycles. The molecule has 0 radical (unpaired) electrons. The molecule has 2 aromatic rings. The van der Waals surface area contributed by atoms with E-state index in [1.54, 1.807) is 18.3 Å². The molecule has 0 spiro atoms. The van der Waals surface area contributed by atoms with Gasteiger partial charge in [-0.05, 0) is 31.7 Å². The van der Waals surface area contributed by atoms with Crippen molar-refractivity contribution in [3.63, 3.8) is 0 Å². The van der Waals surface area contributed by atoms with Crippen molar-refractivity contribution < 1.29 is 9.18 Å². The van der Waals surface area contributed by atoms with Crippen molar-refractivity contribution in [1.29, 1.82) is 0 Å². The molecule has 1 amide bonds. The van der Waals surface area contributed by atoms with Crippen molar-refractivity contribution in [2.24, 2.45) is 0 Å². The van der Waals surface area contributed by atoms with E-state index in [-0.39, 0.29) is 11.7 Å². The van der Waals surface area contributed by atoms with Crippen LogP contribution >= 0.6 is 0 Å². The van der Waals surface area contributed by atoms with Gasteiger partial charge >= 0.3 is 0 Å². The Labute approximate surface area is 129 Å². The first-order chi connectivity index (χ1) is 10.6. The molecule has 118 valence electrons. The van der Waals surface area contributed by atoms with Crippen LogP contribution in [0.4, 0.5) is 4.39 Å². The topological polar surface area (TPSA) is 50.2 Å². The highest BCUT2D eigenvalue weighted by Gasteiger charge is 2.08. The van der Waals surface area contributed by atoms with E-state index in [4.69, 9.17) is 0 Å². The zero-order chi connectivity index (χ0) is 15.9. The summed E-state index contributed by atoms with van der Waals surface area (Å²) in [5.74, 6) is -0.300. The van der Waals surface area contributed by atoms with Gasteiger partial charge in [0, 0.05) is 31.4 Å². The molecule has 0 saturated heterocycles. The summed E-state index contributed by atoms with van der Waals surface area (Å²) in [4.78, 5) is 13.8. The van der Waals surface area contributed by atoms with E-state index in [1.807, 2.05) is 29.7 Å². The van der Waals surface area contributed by atoms with Crippen LogP contribution < -0.4 is 5.32 Å². The molecule has 22 heavy (non-hydrogen) atoms. The third-order valence-electron chi connectivity index (χ3n) is 3.28. The van der Waals surface area contributed by atoms with Crippen LogP contribution in [0.15, 0.2) is 36.7 Å². The lowest BCUT2D eigenvalue weighted by Crippen LogP contribution is -2.34. The summed E-state index contributed by atoms with van der Waals surface area (Å²) in [7, 11) is 1.86. The fraction of sp³-hybridized carbons (Fsp3) is 0.375. The average molecular weight is 304 g/mol. The lowest BCUT2D eigenvalue weighted by atomic mass is 10.2. The normalized spacial score (nSPS) is 10.9. The quantitative estimate of drug-likeness (QED) is 0.848. The van der Waals surface area contributed by atoms with E-state index in [2.05, 4.69) is 10.4 Å². The zero-order valence-corrected chi connectivity index (χ0v) is 12.9. The van der Waals surface area contributed by atoms with Gasteiger partial charge in [0.05, 0.1) is 12.7 Å². The summed E-state index contributed by atoms with van der Waals surface area (Å²) in [5, 5.41) is 7.03. The molecule has 0 saturated carbocycles. The number of hydrogen-bond acceptors (Lipinski definition) is 3. The number of hydrogen-bond donors (Lipinski definition) is 1. The molecule has 0 aliphatic carbocycles. The number of carbonyl (C=O) groups is 1.